The van der Waals surface area contributed by atoms with E-state index in [4.69, 9.17) is 5.73 Å². The molecule has 0 amide bonds. The first-order valence-electron chi connectivity index (χ1n) is 6.61. The summed E-state index contributed by atoms with van der Waals surface area (Å²) in [6, 6.07) is 6.37. The lowest BCUT2D eigenvalue weighted by Gasteiger charge is -2.11. The average molecular weight is 270 g/mol. The Bertz CT molecular complexity index is 638. The molecule has 19 heavy (non-hydrogen) atoms. The highest BCUT2D eigenvalue weighted by Crippen LogP contribution is 2.35. The van der Waals surface area contributed by atoms with Crippen molar-refractivity contribution >= 4 is 17.2 Å². The Kier molecular flexibility index (Phi) is 3.22. The van der Waals surface area contributed by atoms with Gasteiger partial charge in [-0.3, -0.25) is 5.73 Å². The summed E-state index contributed by atoms with van der Waals surface area (Å²) < 4.78 is 0. The van der Waals surface area contributed by atoms with Crippen molar-refractivity contribution in [2.24, 2.45) is 0 Å². The number of H-pyrrole nitrogens is 1. The maximum Gasteiger partial charge on any atom is 0.289 e. The van der Waals surface area contributed by atoms with Crippen molar-refractivity contribution in [2.75, 3.05) is 5.73 Å². The van der Waals surface area contributed by atoms with E-state index in [1.165, 1.54) is 30.5 Å². The number of nitrogen functional groups attached to an aromatic ring is 1. The molecule has 0 unspecified atom stereocenters. The van der Waals surface area contributed by atoms with Crippen LogP contribution >= 0.6 is 11.3 Å². The number of pyridine rings is 1. The lowest BCUT2D eigenvalue weighted by Crippen LogP contribution is -2.21. The average Bonchev–Trinajstić information content (AvgIpc) is 2.83. The molecule has 2 aromatic heterocycles. The number of aryl methyl sites for hydroxylation is 1. The largest absolute Gasteiger partial charge is 0.289 e. The van der Waals surface area contributed by atoms with Crippen LogP contribution < -0.4 is 10.7 Å². The molecule has 1 aliphatic rings. The van der Waals surface area contributed by atoms with Crippen LogP contribution in [0.5, 0.6) is 0 Å². The van der Waals surface area contributed by atoms with Crippen LogP contribution in [0.15, 0.2) is 17.5 Å². The van der Waals surface area contributed by atoms with Gasteiger partial charge in [-0.05, 0) is 30.7 Å². The minimum atomic E-state index is 0.506. The van der Waals surface area contributed by atoms with Crippen LogP contribution in [0, 0.1) is 11.3 Å². The standard InChI is InChI=1S/C15H15N3S/c16-9-11-14(13-7-4-8-19-13)10-5-2-1-3-6-12(10)18-15(11)17/h4,7-8H,1-3,5-6H2,(H2,17,18)/p+1. The maximum atomic E-state index is 9.42. The van der Waals surface area contributed by atoms with Gasteiger partial charge in [-0.15, -0.1) is 11.3 Å². The van der Waals surface area contributed by atoms with Crippen molar-refractivity contribution in [3.8, 4) is 16.5 Å². The van der Waals surface area contributed by atoms with Gasteiger partial charge in [0.1, 0.15) is 17.3 Å². The van der Waals surface area contributed by atoms with Crippen molar-refractivity contribution in [1.29, 1.82) is 5.26 Å². The number of aromatic nitrogens is 1. The molecule has 0 saturated heterocycles. The monoisotopic (exact) mass is 270 g/mol. The number of aromatic amines is 1. The molecule has 2 heterocycles. The second kappa shape index (κ2) is 5.02. The third kappa shape index (κ3) is 2.11. The van der Waals surface area contributed by atoms with Crippen molar-refractivity contribution < 1.29 is 4.98 Å². The summed E-state index contributed by atoms with van der Waals surface area (Å²) in [6.45, 7) is 0. The Labute approximate surface area is 116 Å². The van der Waals surface area contributed by atoms with Crippen molar-refractivity contribution in [3.63, 3.8) is 0 Å². The molecule has 96 valence electrons. The number of nitrogens with zero attached hydrogens (tertiary/aromatic N) is 1. The summed E-state index contributed by atoms with van der Waals surface area (Å²) in [5.74, 6) is 0.506. The lowest BCUT2D eigenvalue weighted by atomic mass is 9.96. The predicted molar refractivity (Wildman–Crippen MR) is 76.7 cm³/mol. The molecule has 1 aliphatic carbocycles. The molecule has 0 radical (unpaired) electrons. The van der Waals surface area contributed by atoms with E-state index >= 15 is 0 Å². The van der Waals surface area contributed by atoms with E-state index < -0.39 is 0 Å². The first-order valence-corrected chi connectivity index (χ1v) is 7.49. The number of rotatable bonds is 1. The van der Waals surface area contributed by atoms with Crippen LogP contribution in [-0.4, -0.2) is 0 Å². The van der Waals surface area contributed by atoms with Gasteiger partial charge in [0.2, 0.25) is 0 Å². The van der Waals surface area contributed by atoms with Gasteiger partial charge in [-0.1, -0.05) is 12.5 Å². The zero-order valence-electron chi connectivity index (χ0n) is 10.7. The van der Waals surface area contributed by atoms with Crippen LogP contribution in [0.25, 0.3) is 10.4 Å². The van der Waals surface area contributed by atoms with Crippen LogP contribution in [0.2, 0.25) is 0 Å². The molecule has 0 aromatic carbocycles. The van der Waals surface area contributed by atoms with E-state index in [1.807, 2.05) is 11.4 Å². The third-order valence-electron chi connectivity index (χ3n) is 3.70. The number of nitriles is 1. The van der Waals surface area contributed by atoms with Gasteiger partial charge < -0.3 is 0 Å². The summed E-state index contributed by atoms with van der Waals surface area (Å²) >= 11 is 1.67. The molecule has 3 rings (SSSR count). The zero-order chi connectivity index (χ0) is 13.2. The SMILES string of the molecule is N#Cc1c(N)[nH+]c2c(c1-c1cccs1)CCCCC2. The number of hydrogen-bond donors (Lipinski definition) is 1. The summed E-state index contributed by atoms with van der Waals surface area (Å²) in [6.07, 6.45) is 5.69. The number of anilines is 1. The molecule has 3 nitrogen and oxygen atoms in total. The summed E-state index contributed by atoms with van der Waals surface area (Å²) in [5.41, 5.74) is 10.2. The second-order valence-electron chi connectivity index (χ2n) is 4.90. The predicted octanol–water partition coefficient (Wildman–Crippen LogP) is 2.95. The van der Waals surface area contributed by atoms with Crippen molar-refractivity contribution in [1.82, 2.24) is 0 Å². The molecule has 0 fully saturated rings. The Balaban J connectivity index is 2.30. The van der Waals surface area contributed by atoms with Gasteiger partial charge in [-0.2, -0.15) is 5.26 Å². The van der Waals surface area contributed by atoms with E-state index in [1.54, 1.807) is 11.3 Å². The Morgan fingerprint density at radius 3 is 2.84 bits per heavy atom. The van der Waals surface area contributed by atoms with Crippen LogP contribution in [0.3, 0.4) is 0 Å². The smallest absolute Gasteiger partial charge is 0.286 e. The zero-order valence-corrected chi connectivity index (χ0v) is 11.5. The molecule has 2 aromatic rings. The molecule has 4 heteroatoms. The van der Waals surface area contributed by atoms with E-state index in [0.29, 0.717) is 11.4 Å². The van der Waals surface area contributed by atoms with E-state index in [0.717, 1.165) is 23.3 Å². The molecule has 0 bridgehead atoms. The Morgan fingerprint density at radius 1 is 1.26 bits per heavy atom. The number of fused-ring (bicyclic) bond motifs is 1. The molecule has 0 aliphatic heterocycles. The minimum absolute atomic E-state index is 0.506. The third-order valence-corrected chi connectivity index (χ3v) is 4.59. The van der Waals surface area contributed by atoms with E-state index in [9.17, 15) is 5.26 Å². The fourth-order valence-corrected chi connectivity index (χ4v) is 3.62. The quantitative estimate of drug-likeness (QED) is 0.810. The molecular weight excluding hydrogens is 254 g/mol. The lowest BCUT2D eigenvalue weighted by molar-refractivity contribution is -0.373. The summed E-state index contributed by atoms with van der Waals surface area (Å²) in [7, 11) is 0. The maximum absolute atomic E-state index is 9.42. The normalized spacial score (nSPS) is 14.5. The fourth-order valence-electron chi connectivity index (χ4n) is 2.82. The van der Waals surface area contributed by atoms with Crippen molar-refractivity contribution in [3.05, 3.63) is 34.3 Å². The molecule has 0 saturated carbocycles. The summed E-state index contributed by atoms with van der Waals surface area (Å²) in [4.78, 5) is 4.40. The van der Waals surface area contributed by atoms with Gasteiger partial charge in [0, 0.05) is 22.4 Å². The van der Waals surface area contributed by atoms with E-state index in [2.05, 4.69) is 17.1 Å². The fraction of sp³-hybridized carbons (Fsp3) is 0.333. The molecule has 3 N–H and O–H groups in total. The van der Waals surface area contributed by atoms with Gasteiger partial charge in [0.05, 0.1) is 0 Å². The van der Waals surface area contributed by atoms with Gasteiger partial charge in [0.25, 0.3) is 5.82 Å². The molecule has 0 atom stereocenters. The van der Waals surface area contributed by atoms with E-state index in [-0.39, 0.29) is 0 Å². The van der Waals surface area contributed by atoms with Crippen molar-refractivity contribution in [2.45, 2.75) is 32.1 Å². The highest BCUT2D eigenvalue weighted by Gasteiger charge is 2.24. The first kappa shape index (κ1) is 12.2. The molecular formula is C15H16N3S+. The number of nitrogens with two attached hydrogens (primary N) is 1. The first-order chi connectivity index (χ1) is 9.31. The topological polar surface area (TPSA) is 64.0 Å². The van der Waals surface area contributed by atoms with Gasteiger partial charge in [-0.25, -0.2) is 4.98 Å². The highest BCUT2D eigenvalue weighted by molar-refractivity contribution is 7.13. The van der Waals surface area contributed by atoms with Crippen LogP contribution in [-0.2, 0) is 12.8 Å². The number of nitrogens with one attached hydrogen (secondary N) is 1. The Morgan fingerprint density at radius 2 is 2.11 bits per heavy atom. The second-order valence-corrected chi connectivity index (χ2v) is 5.84. The van der Waals surface area contributed by atoms with Crippen LogP contribution in [0.1, 0.15) is 36.1 Å². The Hall–Kier alpha value is -1.86. The molecule has 0 spiro atoms. The van der Waals surface area contributed by atoms with Crippen LogP contribution in [0.4, 0.5) is 5.82 Å². The highest BCUT2D eigenvalue weighted by atomic mass is 32.1. The van der Waals surface area contributed by atoms with Gasteiger partial charge in [0.15, 0.2) is 0 Å². The van der Waals surface area contributed by atoms with Gasteiger partial charge >= 0.3 is 0 Å². The summed E-state index contributed by atoms with van der Waals surface area (Å²) in [5, 5.41) is 11.5. The number of thiophene rings is 1. The number of hydrogen-bond acceptors (Lipinski definition) is 3. The minimum Gasteiger partial charge on any atom is -0.286 e.